The summed E-state index contributed by atoms with van der Waals surface area (Å²) in [6.45, 7) is 3.34. The molecule has 4 rings (SSSR count). The maximum absolute atomic E-state index is 13.0. The Labute approximate surface area is 163 Å². The molecule has 1 heterocycles. The number of carbonyl (C=O) groups excluding carboxylic acids is 1. The van der Waals surface area contributed by atoms with E-state index in [4.69, 9.17) is 0 Å². The highest BCUT2D eigenvalue weighted by molar-refractivity contribution is 9.10. The molecule has 2 aliphatic rings. The monoisotopic (exact) mass is 412 g/mol. The smallest absolute Gasteiger partial charge is 0.235 e. The van der Waals surface area contributed by atoms with Crippen molar-refractivity contribution in [2.24, 2.45) is 0 Å². The maximum atomic E-state index is 13.0. The minimum atomic E-state index is -0.355. The Hall–Kier alpha value is -1.65. The Morgan fingerprint density at radius 3 is 2.54 bits per heavy atom. The predicted octanol–water partition coefficient (Wildman–Crippen LogP) is 5.11. The van der Waals surface area contributed by atoms with Crippen molar-refractivity contribution in [2.45, 2.75) is 44.1 Å². The molecule has 136 valence electrons. The van der Waals surface area contributed by atoms with Gasteiger partial charge in [-0.1, -0.05) is 46.6 Å². The van der Waals surface area contributed by atoms with Crippen molar-refractivity contribution in [3.05, 3.63) is 64.1 Å². The fraction of sp³-hybridized carbons (Fsp3) is 0.409. The van der Waals surface area contributed by atoms with Crippen LogP contribution >= 0.6 is 15.9 Å². The predicted molar refractivity (Wildman–Crippen MR) is 109 cm³/mol. The van der Waals surface area contributed by atoms with Gasteiger partial charge in [-0.15, -0.1) is 0 Å². The quantitative estimate of drug-likeness (QED) is 0.739. The van der Waals surface area contributed by atoms with E-state index in [0.29, 0.717) is 0 Å². The summed E-state index contributed by atoms with van der Waals surface area (Å²) >= 11 is 3.52. The van der Waals surface area contributed by atoms with Crippen LogP contribution in [-0.2, 0) is 16.8 Å². The van der Waals surface area contributed by atoms with Crippen molar-refractivity contribution in [3.63, 3.8) is 0 Å². The molecule has 1 aliphatic carbocycles. The average molecular weight is 413 g/mol. The molecular weight excluding hydrogens is 388 g/mol. The molecular formula is C22H25BrN2O. The molecule has 1 saturated heterocycles. The van der Waals surface area contributed by atoms with Gasteiger partial charge in [0.05, 0.1) is 5.41 Å². The number of carbonyl (C=O) groups is 1. The first-order chi connectivity index (χ1) is 12.7. The molecule has 0 radical (unpaired) electrons. The van der Waals surface area contributed by atoms with Crippen LogP contribution in [0.25, 0.3) is 0 Å². The van der Waals surface area contributed by atoms with Crippen LogP contribution in [0.2, 0.25) is 0 Å². The van der Waals surface area contributed by atoms with Crippen molar-refractivity contribution in [3.8, 4) is 0 Å². The van der Waals surface area contributed by atoms with E-state index in [0.717, 1.165) is 35.1 Å². The fourth-order valence-corrected chi connectivity index (χ4v) is 4.33. The van der Waals surface area contributed by atoms with Crippen molar-refractivity contribution >= 4 is 27.5 Å². The molecule has 4 heteroatoms. The maximum Gasteiger partial charge on any atom is 0.235 e. The van der Waals surface area contributed by atoms with Crippen molar-refractivity contribution in [1.82, 2.24) is 4.90 Å². The van der Waals surface area contributed by atoms with Gasteiger partial charge in [0.25, 0.3) is 0 Å². The van der Waals surface area contributed by atoms with Crippen molar-refractivity contribution in [1.29, 1.82) is 0 Å². The highest BCUT2D eigenvalue weighted by Gasteiger charge is 2.51. The molecule has 2 aromatic rings. The van der Waals surface area contributed by atoms with Crippen LogP contribution in [0.5, 0.6) is 0 Å². The SMILES string of the molecule is O=C(Nc1cccc(CN2CCCCC2)c1)C1(c2cccc(Br)c2)CC1. The first-order valence-corrected chi connectivity index (χ1v) is 10.3. The normalized spacial score (nSPS) is 19.1. The molecule has 0 unspecified atom stereocenters. The molecule has 1 N–H and O–H groups in total. The second-order valence-corrected chi connectivity index (χ2v) is 8.50. The van der Waals surface area contributed by atoms with E-state index in [1.807, 2.05) is 24.3 Å². The Morgan fingerprint density at radius 1 is 1.04 bits per heavy atom. The van der Waals surface area contributed by atoms with Crippen LogP contribution in [0.3, 0.4) is 0 Å². The van der Waals surface area contributed by atoms with E-state index < -0.39 is 0 Å². The Balaban J connectivity index is 1.45. The van der Waals surface area contributed by atoms with Gasteiger partial charge in [-0.2, -0.15) is 0 Å². The first kappa shape index (κ1) is 17.7. The third-order valence-electron chi connectivity index (χ3n) is 5.60. The number of anilines is 1. The van der Waals surface area contributed by atoms with Gasteiger partial charge >= 0.3 is 0 Å². The van der Waals surface area contributed by atoms with Crippen LogP contribution in [-0.4, -0.2) is 23.9 Å². The molecule has 0 bridgehead atoms. The van der Waals surface area contributed by atoms with Crippen molar-refractivity contribution in [2.75, 3.05) is 18.4 Å². The highest BCUT2D eigenvalue weighted by atomic mass is 79.9. The number of hydrogen-bond acceptors (Lipinski definition) is 2. The van der Waals surface area contributed by atoms with Gasteiger partial charge in [-0.3, -0.25) is 9.69 Å². The summed E-state index contributed by atoms with van der Waals surface area (Å²) in [5.74, 6) is 0.116. The number of likely N-dealkylation sites (tertiary alicyclic amines) is 1. The molecule has 26 heavy (non-hydrogen) atoms. The lowest BCUT2D eigenvalue weighted by Gasteiger charge is -2.26. The van der Waals surface area contributed by atoms with Crippen LogP contribution in [0.15, 0.2) is 53.0 Å². The molecule has 0 aromatic heterocycles. The number of rotatable bonds is 5. The molecule has 2 fully saturated rings. The number of piperidine rings is 1. The Kier molecular flexibility index (Phi) is 5.14. The van der Waals surface area contributed by atoms with Gasteiger partial charge in [0, 0.05) is 16.7 Å². The molecule has 1 aliphatic heterocycles. The lowest BCUT2D eigenvalue weighted by molar-refractivity contribution is -0.118. The third kappa shape index (κ3) is 3.86. The van der Waals surface area contributed by atoms with Crippen molar-refractivity contribution < 1.29 is 4.79 Å². The van der Waals surface area contributed by atoms with E-state index in [1.165, 1.54) is 37.9 Å². The molecule has 1 amide bonds. The zero-order valence-corrected chi connectivity index (χ0v) is 16.6. The Morgan fingerprint density at radius 2 is 1.81 bits per heavy atom. The molecule has 1 saturated carbocycles. The number of halogens is 1. The van der Waals surface area contributed by atoms with Crippen LogP contribution in [0, 0.1) is 0 Å². The van der Waals surface area contributed by atoms with Crippen LogP contribution in [0.1, 0.15) is 43.2 Å². The first-order valence-electron chi connectivity index (χ1n) is 9.55. The molecule has 3 nitrogen and oxygen atoms in total. The third-order valence-corrected chi connectivity index (χ3v) is 6.09. The topological polar surface area (TPSA) is 32.3 Å². The lowest BCUT2D eigenvalue weighted by atomic mass is 9.95. The van der Waals surface area contributed by atoms with E-state index in [1.54, 1.807) is 0 Å². The Bertz CT molecular complexity index is 794. The highest BCUT2D eigenvalue weighted by Crippen LogP contribution is 2.49. The van der Waals surface area contributed by atoms with E-state index in [2.05, 4.69) is 50.4 Å². The minimum absolute atomic E-state index is 0.116. The summed E-state index contributed by atoms with van der Waals surface area (Å²) in [5.41, 5.74) is 2.93. The lowest BCUT2D eigenvalue weighted by Crippen LogP contribution is -2.29. The van der Waals surface area contributed by atoms with Crippen LogP contribution in [0.4, 0.5) is 5.69 Å². The fourth-order valence-electron chi connectivity index (χ4n) is 3.93. The second-order valence-electron chi connectivity index (χ2n) is 7.58. The number of amides is 1. The van der Waals surface area contributed by atoms with Crippen LogP contribution < -0.4 is 5.32 Å². The molecule has 2 aromatic carbocycles. The summed E-state index contributed by atoms with van der Waals surface area (Å²) in [6, 6.07) is 16.5. The summed E-state index contributed by atoms with van der Waals surface area (Å²) in [5, 5.41) is 3.17. The number of benzene rings is 2. The zero-order chi connectivity index (χ0) is 18.0. The van der Waals surface area contributed by atoms with Gasteiger partial charge in [0.2, 0.25) is 5.91 Å². The van der Waals surface area contributed by atoms with E-state index in [-0.39, 0.29) is 11.3 Å². The minimum Gasteiger partial charge on any atom is -0.325 e. The molecule has 0 spiro atoms. The molecule has 0 atom stereocenters. The standard InChI is InChI=1S/C22H25BrN2O/c23-19-8-5-7-18(15-19)22(10-11-22)21(26)24-20-9-4-6-17(14-20)16-25-12-2-1-3-13-25/h4-9,14-15H,1-3,10-13,16H2,(H,24,26). The zero-order valence-electron chi connectivity index (χ0n) is 15.0. The van der Waals surface area contributed by atoms with Gasteiger partial charge in [0.15, 0.2) is 0 Å². The summed E-state index contributed by atoms with van der Waals surface area (Å²) in [6.07, 6.45) is 5.78. The number of nitrogens with zero attached hydrogens (tertiary/aromatic N) is 1. The van der Waals surface area contributed by atoms with Gasteiger partial charge < -0.3 is 5.32 Å². The van der Waals surface area contributed by atoms with E-state index in [9.17, 15) is 4.79 Å². The summed E-state index contributed by atoms with van der Waals surface area (Å²) in [4.78, 5) is 15.5. The second kappa shape index (κ2) is 7.53. The average Bonchev–Trinajstić information content (AvgIpc) is 3.45. The van der Waals surface area contributed by atoms with E-state index >= 15 is 0 Å². The van der Waals surface area contributed by atoms with Gasteiger partial charge in [-0.25, -0.2) is 0 Å². The van der Waals surface area contributed by atoms with Gasteiger partial charge in [-0.05, 0) is 74.2 Å². The summed E-state index contributed by atoms with van der Waals surface area (Å²) in [7, 11) is 0. The number of nitrogens with one attached hydrogen (secondary N) is 1. The number of hydrogen-bond donors (Lipinski definition) is 1. The van der Waals surface area contributed by atoms with Gasteiger partial charge in [0.1, 0.15) is 0 Å². The summed E-state index contributed by atoms with van der Waals surface area (Å²) < 4.78 is 1.03. The largest absolute Gasteiger partial charge is 0.325 e.